The summed E-state index contributed by atoms with van der Waals surface area (Å²) in [6.45, 7) is 0. The van der Waals surface area contributed by atoms with Crippen LogP contribution in [0.15, 0.2) is 39.4 Å². The van der Waals surface area contributed by atoms with Gasteiger partial charge in [0.05, 0.1) is 18.7 Å². The van der Waals surface area contributed by atoms with Crippen LogP contribution in [-0.2, 0) is 5.88 Å². The van der Waals surface area contributed by atoms with Crippen molar-refractivity contribution in [2.45, 2.75) is 5.88 Å². The zero-order valence-electron chi connectivity index (χ0n) is 11.0. The Morgan fingerprint density at radius 2 is 2.05 bits per heavy atom. The number of rotatable bonds is 3. The van der Waals surface area contributed by atoms with E-state index in [-0.39, 0.29) is 5.88 Å². The fourth-order valence-electron chi connectivity index (χ4n) is 2.17. The van der Waals surface area contributed by atoms with Gasteiger partial charge in [0.25, 0.3) is 0 Å². The summed E-state index contributed by atoms with van der Waals surface area (Å²) in [5.74, 6) is 1.73. The standard InChI is InChI=1S/C14H10Br2ClN3O/c1-21-12-3-2-8(15)5-11(12)20-13(6-17)19-10-4-9(16)7-18-14(10)20/h2-5,7H,6H2,1H3. The molecule has 0 saturated carbocycles. The van der Waals surface area contributed by atoms with E-state index in [0.29, 0.717) is 5.82 Å². The van der Waals surface area contributed by atoms with Crippen molar-refractivity contribution >= 4 is 54.6 Å². The van der Waals surface area contributed by atoms with Crippen molar-refractivity contribution in [3.63, 3.8) is 0 Å². The van der Waals surface area contributed by atoms with Crippen LogP contribution >= 0.6 is 43.5 Å². The van der Waals surface area contributed by atoms with Crippen LogP contribution in [0.2, 0.25) is 0 Å². The SMILES string of the molecule is COc1ccc(Br)cc1-n1c(CCl)nc2cc(Br)cnc21. The van der Waals surface area contributed by atoms with Gasteiger partial charge in [0.1, 0.15) is 17.1 Å². The van der Waals surface area contributed by atoms with Gasteiger partial charge in [-0.1, -0.05) is 15.9 Å². The summed E-state index contributed by atoms with van der Waals surface area (Å²) in [5.41, 5.74) is 2.37. The lowest BCUT2D eigenvalue weighted by Crippen LogP contribution is -2.03. The van der Waals surface area contributed by atoms with E-state index in [9.17, 15) is 0 Å². The Kier molecular flexibility index (Phi) is 4.19. The third kappa shape index (κ3) is 2.67. The Balaban J connectivity index is 2.36. The van der Waals surface area contributed by atoms with Gasteiger partial charge >= 0.3 is 0 Å². The van der Waals surface area contributed by atoms with Crippen molar-refractivity contribution in [2.75, 3.05) is 7.11 Å². The zero-order valence-corrected chi connectivity index (χ0v) is 14.9. The molecule has 1 aromatic carbocycles. The highest BCUT2D eigenvalue weighted by Gasteiger charge is 2.16. The van der Waals surface area contributed by atoms with Crippen LogP contribution in [0, 0.1) is 0 Å². The van der Waals surface area contributed by atoms with E-state index >= 15 is 0 Å². The molecule has 4 nitrogen and oxygen atoms in total. The lowest BCUT2D eigenvalue weighted by Gasteiger charge is -2.12. The summed E-state index contributed by atoms with van der Waals surface area (Å²) in [4.78, 5) is 9.00. The number of hydrogen-bond acceptors (Lipinski definition) is 3. The molecule has 2 heterocycles. The van der Waals surface area contributed by atoms with Crippen molar-refractivity contribution in [1.29, 1.82) is 0 Å². The molecule has 3 rings (SSSR count). The first-order valence-corrected chi connectivity index (χ1v) is 8.19. The Morgan fingerprint density at radius 3 is 2.76 bits per heavy atom. The molecule has 7 heteroatoms. The normalized spacial score (nSPS) is 11.0. The average molecular weight is 432 g/mol. The van der Waals surface area contributed by atoms with E-state index < -0.39 is 0 Å². The van der Waals surface area contributed by atoms with Gasteiger partial charge in [0, 0.05) is 15.1 Å². The van der Waals surface area contributed by atoms with Gasteiger partial charge in [-0.05, 0) is 40.2 Å². The number of benzene rings is 1. The van der Waals surface area contributed by atoms with Gasteiger partial charge in [0.15, 0.2) is 5.65 Å². The number of imidazole rings is 1. The molecule has 21 heavy (non-hydrogen) atoms. The van der Waals surface area contributed by atoms with E-state index in [1.54, 1.807) is 13.3 Å². The van der Waals surface area contributed by atoms with E-state index in [1.807, 2.05) is 28.8 Å². The highest BCUT2D eigenvalue weighted by atomic mass is 79.9. The zero-order chi connectivity index (χ0) is 15.0. The number of methoxy groups -OCH3 is 1. The van der Waals surface area contributed by atoms with E-state index in [2.05, 4.69) is 41.8 Å². The van der Waals surface area contributed by atoms with Crippen molar-refractivity contribution < 1.29 is 4.74 Å². The lowest BCUT2D eigenvalue weighted by atomic mass is 10.3. The first-order chi connectivity index (χ1) is 10.1. The molecular weight excluding hydrogens is 421 g/mol. The predicted octanol–water partition coefficient (Wildman–Crippen LogP) is 4.69. The van der Waals surface area contributed by atoms with E-state index in [1.165, 1.54) is 0 Å². The molecule has 0 saturated heterocycles. The second-order valence-electron chi connectivity index (χ2n) is 4.31. The number of hydrogen-bond donors (Lipinski definition) is 0. The minimum atomic E-state index is 0.281. The average Bonchev–Trinajstić information content (AvgIpc) is 2.84. The van der Waals surface area contributed by atoms with Crippen LogP contribution in [-0.4, -0.2) is 21.6 Å². The fraction of sp³-hybridized carbons (Fsp3) is 0.143. The van der Waals surface area contributed by atoms with Gasteiger partial charge in [-0.25, -0.2) is 9.97 Å². The number of ether oxygens (including phenoxy) is 1. The quantitative estimate of drug-likeness (QED) is 0.565. The van der Waals surface area contributed by atoms with Crippen LogP contribution in [0.4, 0.5) is 0 Å². The predicted molar refractivity (Wildman–Crippen MR) is 90.4 cm³/mol. The second kappa shape index (κ2) is 5.94. The minimum Gasteiger partial charge on any atom is -0.495 e. The van der Waals surface area contributed by atoms with Crippen LogP contribution in [0.5, 0.6) is 5.75 Å². The number of aromatic nitrogens is 3. The summed E-state index contributed by atoms with van der Waals surface area (Å²) >= 11 is 12.9. The highest BCUT2D eigenvalue weighted by Crippen LogP contribution is 2.31. The maximum Gasteiger partial charge on any atom is 0.164 e. The van der Waals surface area contributed by atoms with Gasteiger partial charge < -0.3 is 4.74 Å². The van der Waals surface area contributed by atoms with Crippen molar-refractivity contribution in [1.82, 2.24) is 14.5 Å². The molecule has 0 amide bonds. The number of nitrogens with zero attached hydrogens (tertiary/aromatic N) is 3. The highest BCUT2D eigenvalue weighted by molar-refractivity contribution is 9.10. The Hall–Kier alpha value is -1.11. The molecule has 0 radical (unpaired) electrons. The molecule has 0 bridgehead atoms. The molecule has 108 valence electrons. The maximum atomic E-state index is 6.05. The summed E-state index contributed by atoms with van der Waals surface area (Å²) in [6, 6.07) is 7.69. The van der Waals surface area contributed by atoms with E-state index in [0.717, 1.165) is 31.5 Å². The number of halogens is 3. The third-order valence-corrected chi connectivity index (χ3v) is 4.20. The van der Waals surface area contributed by atoms with Crippen molar-refractivity contribution in [3.8, 4) is 11.4 Å². The van der Waals surface area contributed by atoms with Crippen molar-refractivity contribution in [2.24, 2.45) is 0 Å². The minimum absolute atomic E-state index is 0.281. The Labute approximate surface area is 143 Å². The van der Waals surface area contributed by atoms with Gasteiger partial charge in [-0.2, -0.15) is 0 Å². The first-order valence-electron chi connectivity index (χ1n) is 6.07. The molecule has 0 unspecified atom stereocenters. The molecule has 3 aromatic rings. The van der Waals surface area contributed by atoms with Crippen LogP contribution < -0.4 is 4.74 Å². The molecule has 0 aliphatic rings. The molecular formula is C14H10Br2ClN3O. The summed E-state index contributed by atoms with van der Waals surface area (Å²) in [6.07, 6.45) is 1.74. The van der Waals surface area contributed by atoms with Crippen molar-refractivity contribution in [3.05, 3.63) is 45.2 Å². The van der Waals surface area contributed by atoms with Crippen LogP contribution in [0.25, 0.3) is 16.9 Å². The Morgan fingerprint density at radius 1 is 1.24 bits per heavy atom. The largest absolute Gasteiger partial charge is 0.495 e. The maximum absolute atomic E-state index is 6.05. The van der Waals surface area contributed by atoms with Gasteiger partial charge in [0.2, 0.25) is 0 Å². The second-order valence-corrected chi connectivity index (χ2v) is 6.41. The molecule has 0 fully saturated rings. The fourth-order valence-corrected chi connectivity index (χ4v) is 3.02. The van der Waals surface area contributed by atoms with Crippen LogP contribution in [0.1, 0.15) is 5.82 Å². The number of pyridine rings is 1. The summed E-state index contributed by atoms with van der Waals surface area (Å²) in [7, 11) is 1.64. The monoisotopic (exact) mass is 429 g/mol. The smallest absolute Gasteiger partial charge is 0.164 e. The molecule has 0 N–H and O–H groups in total. The topological polar surface area (TPSA) is 39.9 Å². The van der Waals surface area contributed by atoms with Gasteiger partial charge in [-0.15, -0.1) is 11.6 Å². The first kappa shape index (κ1) is 14.8. The molecule has 0 aliphatic carbocycles. The molecule has 2 aromatic heterocycles. The third-order valence-electron chi connectivity index (χ3n) is 3.03. The summed E-state index contributed by atoms with van der Waals surface area (Å²) < 4.78 is 9.18. The summed E-state index contributed by atoms with van der Waals surface area (Å²) in [5, 5.41) is 0. The lowest BCUT2D eigenvalue weighted by molar-refractivity contribution is 0.412. The molecule has 0 atom stereocenters. The number of alkyl halides is 1. The molecule has 0 spiro atoms. The molecule has 0 aliphatic heterocycles. The Bertz CT molecular complexity index is 819. The van der Waals surface area contributed by atoms with Gasteiger partial charge in [-0.3, -0.25) is 4.57 Å². The van der Waals surface area contributed by atoms with E-state index in [4.69, 9.17) is 16.3 Å². The number of fused-ring (bicyclic) bond motifs is 1. The van der Waals surface area contributed by atoms with Crippen LogP contribution in [0.3, 0.4) is 0 Å².